The molecule has 1 aliphatic rings. The topological polar surface area (TPSA) is 35.5 Å². The minimum Gasteiger partial charge on any atom is -0.344 e. The van der Waals surface area contributed by atoms with Crippen LogP contribution < -0.4 is 0 Å². The normalized spacial score (nSPS) is 18.2. The van der Waals surface area contributed by atoms with Crippen LogP contribution in [0.4, 0.5) is 0 Å². The van der Waals surface area contributed by atoms with Crippen LogP contribution in [0.3, 0.4) is 0 Å². The van der Waals surface area contributed by atoms with Crippen LogP contribution in [0.1, 0.15) is 18.9 Å². The van der Waals surface area contributed by atoms with Crippen LogP contribution in [0.2, 0.25) is 0 Å². The Morgan fingerprint density at radius 2 is 1.94 bits per heavy atom. The quantitative estimate of drug-likeness (QED) is 0.458. The molecule has 0 saturated carbocycles. The molecule has 92 valence electrons. The van der Waals surface area contributed by atoms with Gasteiger partial charge in [-0.25, -0.2) is 0 Å². The number of hydrogen-bond acceptors (Lipinski definition) is 4. The third kappa shape index (κ3) is 3.09. The van der Waals surface area contributed by atoms with Gasteiger partial charge in [-0.15, -0.1) is 11.8 Å². The van der Waals surface area contributed by atoms with Crippen LogP contribution >= 0.6 is 11.8 Å². The van der Waals surface area contributed by atoms with Crippen molar-refractivity contribution in [2.75, 3.05) is 19.0 Å². The molecule has 1 fully saturated rings. The van der Waals surface area contributed by atoms with Crippen molar-refractivity contribution in [3.8, 4) is 0 Å². The number of thioether (sulfide) groups is 1. The average molecular weight is 252 g/mol. The lowest BCUT2D eigenvalue weighted by molar-refractivity contribution is -0.149. The fourth-order valence-electron chi connectivity index (χ4n) is 1.76. The Labute approximate surface area is 105 Å². The molecule has 2 rings (SSSR count). The highest BCUT2D eigenvalue weighted by Crippen LogP contribution is 2.31. The summed E-state index contributed by atoms with van der Waals surface area (Å²) in [5.41, 5.74) is 1.04. The number of aldehydes is 1. The van der Waals surface area contributed by atoms with Gasteiger partial charge in [0.2, 0.25) is 0 Å². The van der Waals surface area contributed by atoms with Crippen molar-refractivity contribution in [2.45, 2.75) is 24.0 Å². The monoisotopic (exact) mass is 252 g/mol. The van der Waals surface area contributed by atoms with Gasteiger partial charge in [0.15, 0.2) is 5.79 Å². The fourth-order valence-corrected chi connectivity index (χ4v) is 2.54. The Balaban J connectivity index is 2.00. The molecule has 0 radical (unpaired) electrons. The summed E-state index contributed by atoms with van der Waals surface area (Å²) in [4.78, 5) is 11.4. The number of benzene rings is 1. The molecule has 0 atom stereocenters. The van der Waals surface area contributed by atoms with E-state index in [0.29, 0.717) is 19.6 Å². The second-order valence-corrected chi connectivity index (χ2v) is 5.14. The van der Waals surface area contributed by atoms with Gasteiger partial charge in [0.1, 0.15) is 6.29 Å². The maximum absolute atomic E-state index is 10.2. The van der Waals surface area contributed by atoms with Gasteiger partial charge >= 0.3 is 0 Å². The van der Waals surface area contributed by atoms with Crippen LogP contribution in [0.25, 0.3) is 0 Å². The minimum absolute atomic E-state index is 0.591. The number of ether oxygens (including phenoxy) is 2. The first kappa shape index (κ1) is 12.6. The summed E-state index contributed by atoms with van der Waals surface area (Å²) in [5.74, 6) is 0.235. The summed E-state index contributed by atoms with van der Waals surface area (Å²) in [6.45, 7) is 3.23. The summed E-state index contributed by atoms with van der Waals surface area (Å²) in [5, 5.41) is 0. The maximum atomic E-state index is 10.2. The predicted molar refractivity (Wildman–Crippen MR) is 67.1 cm³/mol. The highest BCUT2D eigenvalue weighted by Gasteiger charge is 2.32. The molecular formula is C13H16O3S. The molecule has 0 unspecified atom stereocenters. The van der Waals surface area contributed by atoms with Gasteiger partial charge < -0.3 is 14.3 Å². The molecule has 0 bridgehead atoms. The van der Waals surface area contributed by atoms with E-state index in [9.17, 15) is 4.79 Å². The molecule has 1 saturated heterocycles. The SMILES string of the molecule is CC1(c2ccc(SCCC=O)cc2)OCCO1. The van der Waals surface area contributed by atoms with Crippen molar-refractivity contribution >= 4 is 18.0 Å². The van der Waals surface area contributed by atoms with Gasteiger partial charge in [0.25, 0.3) is 0 Å². The van der Waals surface area contributed by atoms with E-state index in [1.54, 1.807) is 11.8 Å². The zero-order chi connectivity index (χ0) is 12.1. The second kappa shape index (κ2) is 5.67. The highest BCUT2D eigenvalue weighted by molar-refractivity contribution is 7.99. The van der Waals surface area contributed by atoms with Gasteiger partial charge in [-0.05, 0) is 19.1 Å². The van der Waals surface area contributed by atoms with Gasteiger partial charge in [-0.3, -0.25) is 0 Å². The Bertz CT molecular complexity index is 369. The maximum Gasteiger partial charge on any atom is 0.192 e. The Morgan fingerprint density at radius 1 is 1.29 bits per heavy atom. The lowest BCUT2D eigenvalue weighted by Crippen LogP contribution is -2.22. The standard InChI is InChI=1S/C13H16O3S/c1-13(15-8-9-16-13)11-3-5-12(6-4-11)17-10-2-7-14/h3-7H,2,8-10H2,1H3. The Morgan fingerprint density at radius 3 is 2.53 bits per heavy atom. The lowest BCUT2D eigenvalue weighted by atomic mass is 10.1. The highest BCUT2D eigenvalue weighted by atomic mass is 32.2. The van der Waals surface area contributed by atoms with Crippen molar-refractivity contribution in [1.82, 2.24) is 0 Å². The summed E-state index contributed by atoms with van der Waals surface area (Å²) in [6, 6.07) is 8.13. The molecule has 0 N–H and O–H groups in total. The molecular weight excluding hydrogens is 236 g/mol. The van der Waals surface area contributed by atoms with Crippen molar-refractivity contribution in [3.05, 3.63) is 29.8 Å². The molecule has 17 heavy (non-hydrogen) atoms. The number of rotatable bonds is 5. The molecule has 1 aliphatic heterocycles. The molecule has 0 amide bonds. The molecule has 0 aliphatic carbocycles. The van der Waals surface area contributed by atoms with Crippen molar-refractivity contribution in [1.29, 1.82) is 0 Å². The largest absolute Gasteiger partial charge is 0.344 e. The van der Waals surface area contributed by atoms with Crippen molar-refractivity contribution in [2.24, 2.45) is 0 Å². The Hall–Kier alpha value is -0.840. The summed E-state index contributed by atoms with van der Waals surface area (Å²) < 4.78 is 11.2. The summed E-state index contributed by atoms with van der Waals surface area (Å²) in [6.07, 6.45) is 1.54. The van der Waals surface area contributed by atoms with E-state index in [1.807, 2.05) is 31.2 Å². The Kier molecular flexibility index (Phi) is 4.20. The average Bonchev–Trinajstić information content (AvgIpc) is 2.79. The van der Waals surface area contributed by atoms with E-state index < -0.39 is 5.79 Å². The number of carbonyl (C=O) groups is 1. The third-order valence-electron chi connectivity index (χ3n) is 2.72. The van der Waals surface area contributed by atoms with E-state index in [4.69, 9.17) is 9.47 Å². The van der Waals surface area contributed by atoms with E-state index in [1.165, 1.54) is 0 Å². The molecule has 0 aromatic heterocycles. The molecule has 0 spiro atoms. The minimum atomic E-state index is -0.591. The lowest BCUT2D eigenvalue weighted by Gasteiger charge is -2.22. The molecule has 3 nitrogen and oxygen atoms in total. The van der Waals surface area contributed by atoms with Gasteiger partial charge in [0, 0.05) is 22.6 Å². The van der Waals surface area contributed by atoms with E-state index in [0.717, 1.165) is 22.5 Å². The van der Waals surface area contributed by atoms with E-state index in [2.05, 4.69) is 0 Å². The molecule has 4 heteroatoms. The number of carbonyl (C=O) groups excluding carboxylic acids is 1. The first-order valence-corrected chi connectivity index (χ1v) is 6.68. The smallest absolute Gasteiger partial charge is 0.192 e. The van der Waals surface area contributed by atoms with Crippen LogP contribution in [-0.4, -0.2) is 25.3 Å². The first-order chi connectivity index (χ1) is 8.24. The van der Waals surface area contributed by atoms with Crippen LogP contribution in [0, 0.1) is 0 Å². The van der Waals surface area contributed by atoms with E-state index >= 15 is 0 Å². The first-order valence-electron chi connectivity index (χ1n) is 5.69. The molecule has 1 heterocycles. The third-order valence-corrected chi connectivity index (χ3v) is 3.77. The van der Waals surface area contributed by atoms with E-state index in [-0.39, 0.29) is 0 Å². The van der Waals surface area contributed by atoms with Gasteiger partial charge in [-0.2, -0.15) is 0 Å². The summed E-state index contributed by atoms with van der Waals surface area (Å²) >= 11 is 1.68. The van der Waals surface area contributed by atoms with Crippen molar-refractivity contribution < 1.29 is 14.3 Å². The van der Waals surface area contributed by atoms with Gasteiger partial charge in [0.05, 0.1) is 13.2 Å². The molecule has 1 aromatic carbocycles. The molecule has 1 aromatic rings. The predicted octanol–water partition coefficient (Wildman–Crippen LogP) is 2.59. The van der Waals surface area contributed by atoms with Crippen LogP contribution in [0.5, 0.6) is 0 Å². The van der Waals surface area contributed by atoms with Gasteiger partial charge in [-0.1, -0.05) is 12.1 Å². The zero-order valence-electron chi connectivity index (χ0n) is 9.85. The fraction of sp³-hybridized carbons (Fsp3) is 0.462. The van der Waals surface area contributed by atoms with Crippen LogP contribution in [-0.2, 0) is 20.1 Å². The van der Waals surface area contributed by atoms with Crippen molar-refractivity contribution in [3.63, 3.8) is 0 Å². The zero-order valence-corrected chi connectivity index (χ0v) is 10.7. The van der Waals surface area contributed by atoms with Crippen LogP contribution in [0.15, 0.2) is 29.2 Å². The number of hydrogen-bond donors (Lipinski definition) is 0. The second-order valence-electron chi connectivity index (χ2n) is 3.97. The summed E-state index contributed by atoms with van der Waals surface area (Å²) in [7, 11) is 0.